The smallest absolute Gasteiger partial charge is 0.416 e. The molecule has 32 heavy (non-hydrogen) atoms. The third-order valence-electron chi connectivity index (χ3n) is 5.97. The van der Waals surface area contributed by atoms with E-state index in [1.165, 1.54) is 23.1 Å². The molecule has 4 rings (SSSR count). The van der Waals surface area contributed by atoms with E-state index in [-0.39, 0.29) is 0 Å². The number of benzene rings is 3. The van der Waals surface area contributed by atoms with Gasteiger partial charge in [-0.15, -0.1) is 0 Å². The molecule has 0 bridgehead atoms. The minimum atomic E-state index is -4.29. The van der Waals surface area contributed by atoms with Crippen molar-refractivity contribution in [3.05, 3.63) is 83.4 Å². The Labute approximate surface area is 186 Å². The summed E-state index contributed by atoms with van der Waals surface area (Å²) in [7, 11) is 1.70. The molecule has 6 heteroatoms. The van der Waals surface area contributed by atoms with Crippen LogP contribution in [0.25, 0.3) is 16.8 Å². The van der Waals surface area contributed by atoms with E-state index in [1.54, 1.807) is 7.11 Å². The van der Waals surface area contributed by atoms with Gasteiger partial charge in [-0.05, 0) is 34.7 Å². The van der Waals surface area contributed by atoms with Crippen LogP contribution >= 0.6 is 0 Å². The van der Waals surface area contributed by atoms with Gasteiger partial charge in [0.25, 0.3) is 0 Å². The van der Waals surface area contributed by atoms with E-state index in [0.717, 1.165) is 68.1 Å². The molecule has 0 aromatic heterocycles. The Morgan fingerprint density at radius 2 is 1.50 bits per heavy atom. The highest BCUT2D eigenvalue weighted by molar-refractivity contribution is 5.91. The zero-order valence-electron chi connectivity index (χ0n) is 18.1. The van der Waals surface area contributed by atoms with Crippen LogP contribution in [0.2, 0.25) is 0 Å². The Kier molecular flexibility index (Phi) is 6.82. The molecule has 0 amide bonds. The normalized spacial score (nSPS) is 16.1. The lowest BCUT2D eigenvalue weighted by Gasteiger charge is -2.34. The average Bonchev–Trinajstić information content (AvgIpc) is 2.80. The molecule has 1 saturated heterocycles. The van der Waals surface area contributed by atoms with Crippen LogP contribution < -0.4 is 4.74 Å². The first-order chi connectivity index (χ1) is 15.4. The van der Waals surface area contributed by atoms with Crippen molar-refractivity contribution in [2.75, 3.05) is 39.8 Å². The highest BCUT2D eigenvalue weighted by atomic mass is 19.4. The zero-order chi connectivity index (χ0) is 22.6. The van der Waals surface area contributed by atoms with Gasteiger partial charge in [-0.2, -0.15) is 13.2 Å². The van der Waals surface area contributed by atoms with Crippen molar-refractivity contribution < 1.29 is 17.9 Å². The molecule has 168 valence electrons. The third kappa shape index (κ3) is 5.31. The Morgan fingerprint density at radius 1 is 0.844 bits per heavy atom. The summed E-state index contributed by atoms with van der Waals surface area (Å²) < 4.78 is 43.5. The molecular weight excluding hydrogens is 413 g/mol. The molecule has 3 nitrogen and oxygen atoms in total. The number of nitrogens with zero attached hydrogens (tertiary/aromatic N) is 2. The van der Waals surface area contributed by atoms with Crippen LogP contribution in [-0.4, -0.2) is 49.6 Å². The summed E-state index contributed by atoms with van der Waals surface area (Å²) in [6, 6.07) is 17.8. The number of fused-ring (bicyclic) bond motifs is 1. The summed E-state index contributed by atoms with van der Waals surface area (Å²) in [5, 5.41) is 2.37. The minimum absolute atomic E-state index is 0.615. The lowest BCUT2D eigenvalue weighted by molar-refractivity contribution is -0.137. The van der Waals surface area contributed by atoms with Gasteiger partial charge < -0.3 is 4.74 Å². The van der Waals surface area contributed by atoms with Crippen molar-refractivity contribution >= 4 is 16.8 Å². The Morgan fingerprint density at radius 3 is 2.16 bits per heavy atom. The van der Waals surface area contributed by atoms with E-state index in [9.17, 15) is 13.2 Å². The van der Waals surface area contributed by atoms with E-state index in [4.69, 9.17) is 4.74 Å². The summed E-state index contributed by atoms with van der Waals surface area (Å²) in [6.07, 6.45) is -0.384. The summed E-state index contributed by atoms with van der Waals surface area (Å²) in [5.74, 6) is 0.897. The first-order valence-corrected chi connectivity index (χ1v) is 10.8. The number of hydrogen-bond acceptors (Lipinski definition) is 3. The molecule has 0 spiro atoms. The second kappa shape index (κ2) is 9.76. The van der Waals surface area contributed by atoms with E-state index >= 15 is 0 Å². The predicted octanol–water partition coefficient (Wildman–Crippen LogP) is 5.70. The van der Waals surface area contributed by atoms with Crippen LogP contribution in [-0.2, 0) is 12.7 Å². The van der Waals surface area contributed by atoms with Gasteiger partial charge in [-0.3, -0.25) is 9.80 Å². The number of rotatable bonds is 6. The maximum absolute atomic E-state index is 12.7. The number of methoxy groups -OCH3 is 1. The highest BCUT2D eigenvalue weighted by Crippen LogP contribution is 2.30. The SMILES string of the molecule is COc1ccc(CN2CCN(C/C=C/c3ccc(C(F)(F)F)cc3)CC2)c2ccccc12. The third-order valence-corrected chi connectivity index (χ3v) is 5.97. The van der Waals surface area contributed by atoms with Gasteiger partial charge in [-0.25, -0.2) is 0 Å². The van der Waals surface area contributed by atoms with Crippen molar-refractivity contribution in [3.8, 4) is 5.75 Å². The van der Waals surface area contributed by atoms with E-state index in [0.29, 0.717) is 0 Å². The monoisotopic (exact) mass is 440 g/mol. The maximum Gasteiger partial charge on any atom is 0.416 e. The van der Waals surface area contributed by atoms with E-state index < -0.39 is 11.7 Å². The lowest BCUT2D eigenvalue weighted by atomic mass is 10.0. The second-order valence-electron chi connectivity index (χ2n) is 8.07. The largest absolute Gasteiger partial charge is 0.496 e. The zero-order valence-corrected chi connectivity index (χ0v) is 18.1. The van der Waals surface area contributed by atoms with Gasteiger partial charge in [0.2, 0.25) is 0 Å². The molecule has 0 saturated carbocycles. The molecular formula is C26H27F3N2O. The van der Waals surface area contributed by atoms with Gasteiger partial charge in [0.15, 0.2) is 0 Å². The molecule has 1 aliphatic rings. The van der Waals surface area contributed by atoms with Crippen LogP contribution in [0, 0.1) is 0 Å². The first-order valence-electron chi connectivity index (χ1n) is 10.8. The molecule has 0 atom stereocenters. The summed E-state index contributed by atoms with van der Waals surface area (Å²) in [4.78, 5) is 4.83. The number of halogens is 3. The van der Waals surface area contributed by atoms with Crippen molar-refractivity contribution in [2.45, 2.75) is 12.7 Å². The van der Waals surface area contributed by atoms with Crippen LogP contribution in [0.1, 0.15) is 16.7 Å². The summed E-state index contributed by atoms with van der Waals surface area (Å²) >= 11 is 0. The molecule has 0 unspecified atom stereocenters. The fourth-order valence-corrected chi connectivity index (χ4v) is 4.14. The maximum atomic E-state index is 12.7. The number of piperazine rings is 1. The van der Waals surface area contributed by atoms with Gasteiger partial charge >= 0.3 is 6.18 Å². The standard InChI is InChI=1S/C26H27F3N2O/c1-32-25-13-10-21(23-6-2-3-7-24(23)25)19-31-17-15-30(16-18-31)14-4-5-20-8-11-22(12-9-20)26(27,28)29/h2-13H,14-19H2,1H3/b5-4+. The summed E-state index contributed by atoms with van der Waals surface area (Å²) in [6.45, 7) is 5.58. The fourth-order valence-electron chi connectivity index (χ4n) is 4.14. The molecule has 1 fully saturated rings. The molecule has 0 radical (unpaired) electrons. The molecule has 0 N–H and O–H groups in total. The van der Waals surface area contributed by atoms with E-state index in [1.807, 2.05) is 24.3 Å². The number of alkyl halides is 3. The van der Waals surface area contributed by atoms with Crippen LogP contribution in [0.15, 0.2) is 66.7 Å². The molecule has 1 heterocycles. The van der Waals surface area contributed by atoms with Crippen molar-refractivity contribution in [1.82, 2.24) is 9.80 Å². The van der Waals surface area contributed by atoms with Crippen molar-refractivity contribution in [2.24, 2.45) is 0 Å². The molecule has 0 aliphatic carbocycles. The van der Waals surface area contributed by atoms with Crippen molar-refractivity contribution in [1.29, 1.82) is 0 Å². The minimum Gasteiger partial charge on any atom is -0.496 e. The lowest BCUT2D eigenvalue weighted by Crippen LogP contribution is -2.45. The molecule has 3 aromatic rings. The Bertz CT molecular complexity index is 1070. The number of hydrogen-bond donors (Lipinski definition) is 0. The van der Waals surface area contributed by atoms with E-state index in [2.05, 4.69) is 34.1 Å². The van der Waals surface area contributed by atoms with Gasteiger partial charge in [-0.1, -0.05) is 54.6 Å². The van der Waals surface area contributed by atoms with Crippen LogP contribution in [0.3, 0.4) is 0 Å². The van der Waals surface area contributed by atoms with Crippen LogP contribution in [0.4, 0.5) is 13.2 Å². The Hall–Kier alpha value is -2.83. The fraction of sp³-hybridized carbons (Fsp3) is 0.308. The summed E-state index contributed by atoms with van der Waals surface area (Å²) in [5.41, 5.74) is 1.47. The first kappa shape index (κ1) is 22.4. The van der Waals surface area contributed by atoms with Crippen LogP contribution in [0.5, 0.6) is 5.75 Å². The van der Waals surface area contributed by atoms with Crippen molar-refractivity contribution in [3.63, 3.8) is 0 Å². The predicted molar refractivity (Wildman–Crippen MR) is 123 cm³/mol. The second-order valence-corrected chi connectivity index (χ2v) is 8.07. The average molecular weight is 441 g/mol. The highest BCUT2D eigenvalue weighted by Gasteiger charge is 2.29. The van der Waals surface area contributed by atoms with Gasteiger partial charge in [0.1, 0.15) is 5.75 Å². The molecule has 3 aromatic carbocycles. The van der Waals surface area contributed by atoms with Gasteiger partial charge in [0.05, 0.1) is 12.7 Å². The van der Waals surface area contributed by atoms with Gasteiger partial charge in [0, 0.05) is 44.7 Å². The topological polar surface area (TPSA) is 15.7 Å². The number of ether oxygens (including phenoxy) is 1. The quantitative estimate of drug-likeness (QED) is 0.489. The Balaban J connectivity index is 1.29. The molecule has 1 aliphatic heterocycles.